The lowest BCUT2D eigenvalue weighted by Gasteiger charge is -2.31. The highest BCUT2D eigenvalue weighted by Gasteiger charge is 2.24. The van der Waals surface area contributed by atoms with Crippen LogP contribution in [0, 0.1) is 6.92 Å². The lowest BCUT2D eigenvalue weighted by Crippen LogP contribution is -2.36. The summed E-state index contributed by atoms with van der Waals surface area (Å²) in [5.74, 6) is 0.862. The molecule has 1 aromatic carbocycles. The molecule has 1 fully saturated rings. The number of hydrogen-bond acceptors (Lipinski definition) is 5. The van der Waals surface area contributed by atoms with Crippen molar-refractivity contribution in [2.45, 2.75) is 58.8 Å². The van der Waals surface area contributed by atoms with E-state index in [2.05, 4.69) is 4.90 Å². The van der Waals surface area contributed by atoms with E-state index in [1.807, 2.05) is 39.8 Å². The molecule has 0 N–H and O–H groups in total. The van der Waals surface area contributed by atoms with E-state index in [1.165, 1.54) is 0 Å². The number of carbonyl (C=O) groups is 1. The van der Waals surface area contributed by atoms with Crippen LogP contribution in [0.15, 0.2) is 18.3 Å². The molecule has 2 heterocycles. The molecule has 1 aromatic heterocycles. The van der Waals surface area contributed by atoms with Crippen LogP contribution in [0.1, 0.15) is 44.7 Å². The van der Waals surface area contributed by atoms with Crippen LogP contribution in [0.3, 0.4) is 0 Å². The number of nitrogens with zero attached hydrogens (tertiary/aromatic N) is 2. The first-order valence-corrected chi connectivity index (χ1v) is 9.89. The lowest BCUT2D eigenvalue weighted by molar-refractivity contribution is 0.0388. The maximum Gasteiger partial charge on any atom is 0.419 e. The van der Waals surface area contributed by atoms with E-state index in [-0.39, 0.29) is 6.09 Å². The monoisotopic (exact) mass is 388 g/mol. The predicted octanol–water partition coefficient (Wildman–Crippen LogP) is 4.35. The second-order valence-electron chi connectivity index (χ2n) is 8.51. The van der Waals surface area contributed by atoms with Gasteiger partial charge in [0.15, 0.2) is 0 Å². The highest BCUT2D eigenvalue weighted by Crippen LogP contribution is 2.34. The predicted molar refractivity (Wildman–Crippen MR) is 110 cm³/mol. The minimum atomic E-state index is -0.539. The van der Waals surface area contributed by atoms with Gasteiger partial charge < -0.3 is 14.2 Å². The summed E-state index contributed by atoms with van der Waals surface area (Å²) in [6.07, 6.45) is 3.86. The number of aryl methyl sites for hydroxylation is 1. The zero-order valence-electron chi connectivity index (χ0n) is 17.9. The van der Waals surface area contributed by atoms with Gasteiger partial charge in [0.25, 0.3) is 0 Å². The van der Waals surface area contributed by atoms with Crippen molar-refractivity contribution >= 4 is 17.0 Å². The lowest BCUT2D eigenvalue weighted by atomic mass is 10.0. The molecule has 0 radical (unpaired) electrons. The third-order valence-corrected chi connectivity index (χ3v) is 5.29. The van der Waals surface area contributed by atoms with Crippen molar-refractivity contribution in [1.29, 1.82) is 0 Å². The van der Waals surface area contributed by atoms with Gasteiger partial charge >= 0.3 is 6.09 Å². The Balaban J connectivity index is 1.96. The van der Waals surface area contributed by atoms with Crippen LogP contribution in [-0.4, -0.2) is 54.6 Å². The zero-order valence-corrected chi connectivity index (χ0v) is 17.9. The second kappa shape index (κ2) is 8.13. The van der Waals surface area contributed by atoms with Gasteiger partial charge in [-0.3, -0.25) is 9.47 Å². The zero-order chi connectivity index (χ0) is 20.5. The molecule has 0 spiro atoms. The van der Waals surface area contributed by atoms with Crippen molar-refractivity contribution in [3.05, 3.63) is 29.5 Å². The van der Waals surface area contributed by atoms with E-state index >= 15 is 0 Å². The number of aromatic nitrogens is 1. The Kier molecular flexibility index (Phi) is 6.01. The number of likely N-dealkylation sites (tertiary alicyclic amines) is 1. The number of rotatable bonds is 4. The van der Waals surface area contributed by atoms with Crippen LogP contribution in [0.4, 0.5) is 4.79 Å². The number of piperidine rings is 1. The second-order valence-corrected chi connectivity index (χ2v) is 8.51. The molecular weight excluding hydrogens is 356 g/mol. The van der Waals surface area contributed by atoms with Gasteiger partial charge in [-0.05, 0) is 58.2 Å². The molecule has 0 saturated carbocycles. The molecule has 0 bridgehead atoms. The smallest absolute Gasteiger partial charge is 0.419 e. The SMILES string of the molecule is COc1cc(C)c2c(ccn2C(=O)OC(C)(C)C)c1CN1CCC(OC)CC1. The third-order valence-electron chi connectivity index (χ3n) is 5.29. The minimum absolute atomic E-state index is 0.351. The summed E-state index contributed by atoms with van der Waals surface area (Å²) in [4.78, 5) is 15.1. The number of hydrogen-bond donors (Lipinski definition) is 0. The maximum atomic E-state index is 12.7. The fraction of sp³-hybridized carbons (Fsp3) is 0.591. The molecule has 0 atom stereocenters. The fourth-order valence-corrected chi connectivity index (χ4v) is 3.90. The van der Waals surface area contributed by atoms with Gasteiger partial charge in [-0.25, -0.2) is 4.79 Å². The summed E-state index contributed by atoms with van der Waals surface area (Å²) in [6.45, 7) is 10.4. The van der Waals surface area contributed by atoms with Gasteiger partial charge in [0, 0.05) is 43.9 Å². The van der Waals surface area contributed by atoms with Gasteiger partial charge in [-0.2, -0.15) is 0 Å². The summed E-state index contributed by atoms with van der Waals surface area (Å²) in [5, 5.41) is 1.04. The summed E-state index contributed by atoms with van der Waals surface area (Å²) in [5.41, 5.74) is 2.45. The van der Waals surface area contributed by atoms with Gasteiger partial charge in [0.1, 0.15) is 11.4 Å². The molecule has 6 heteroatoms. The van der Waals surface area contributed by atoms with Crippen LogP contribution in [-0.2, 0) is 16.0 Å². The van der Waals surface area contributed by atoms with Crippen LogP contribution in [0.2, 0.25) is 0 Å². The first-order valence-electron chi connectivity index (χ1n) is 9.89. The average molecular weight is 389 g/mol. The summed E-state index contributed by atoms with van der Waals surface area (Å²) < 4.78 is 18.4. The first kappa shape index (κ1) is 20.7. The summed E-state index contributed by atoms with van der Waals surface area (Å²) in [7, 11) is 3.48. The number of carbonyl (C=O) groups excluding carboxylic acids is 1. The first-order chi connectivity index (χ1) is 13.2. The van der Waals surface area contributed by atoms with Gasteiger partial charge in [0.05, 0.1) is 18.7 Å². The molecule has 0 unspecified atom stereocenters. The van der Waals surface area contributed by atoms with Crippen LogP contribution < -0.4 is 4.74 Å². The minimum Gasteiger partial charge on any atom is -0.496 e. The largest absolute Gasteiger partial charge is 0.496 e. The molecule has 0 amide bonds. The molecule has 2 aromatic rings. The molecular formula is C22H32N2O4. The van der Waals surface area contributed by atoms with Crippen molar-refractivity contribution in [2.75, 3.05) is 27.3 Å². The summed E-state index contributed by atoms with van der Waals surface area (Å²) >= 11 is 0. The standard InChI is InChI=1S/C22H32N2O4/c1-15-13-19(27-6)18(14-23-10-7-16(26-5)8-11-23)17-9-12-24(20(15)17)21(25)28-22(2,3)4/h9,12-13,16H,7-8,10-11,14H2,1-6H3. The molecule has 28 heavy (non-hydrogen) atoms. The molecule has 3 rings (SSSR count). The number of fused-ring (bicyclic) bond motifs is 1. The van der Waals surface area contributed by atoms with Gasteiger partial charge in [-0.15, -0.1) is 0 Å². The molecule has 0 aliphatic carbocycles. The van der Waals surface area contributed by atoms with E-state index in [9.17, 15) is 4.79 Å². The topological polar surface area (TPSA) is 52.9 Å². The van der Waals surface area contributed by atoms with Crippen molar-refractivity contribution in [2.24, 2.45) is 0 Å². The quantitative estimate of drug-likeness (QED) is 0.779. The Morgan fingerprint density at radius 2 is 1.89 bits per heavy atom. The third kappa shape index (κ3) is 4.33. The number of ether oxygens (including phenoxy) is 3. The van der Waals surface area contributed by atoms with E-state index in [0.717, 1.165) is 60.3 Å². The fourth-order valence-electron chi connectivity index (χ4n) is 3.90. The van der Waals surface area contributed by atoms with Crippen LogP contribution in [0.25, 0.3) is 10.9 Å². The van der Waals surface area contributed by atoms with Gasteiger partial charge in [0.2, 0.25) is 0 Å². The molecule has 1 aliphatic rings. The van der Waals surface area contributed by atoms with Crippen molar-refractivity contribution in [3.8, 4) is 5.75 Å². The van der Waals surface area contributed by atoms with Crippen molar-refractivity contribution < 1.29 is 19.0 Å². The average Bonchev–Trinajstić information content (AvgIpc) is 3.09. The van der Waals surface area contributed by atoms with Crippen molar-refractivity contribution in [3.63, 3.8) is 0 Å². The molecule has 1 aliphatic heterocycles. The Labute approximate surface area is 167 Å². The highest BCUT2D eigenvalue weighted by atomic mass is 16.6. The van der Waals surface area contributed by atoms with Crippen LogP contribution >= 0.6 is 0 Å². The van der Waals surface area contributed by atoms with Crippen molar-refractivity contribution in [1.82, 2.24) is 9.47 Å². The van der Waals surface area contributed by atoms with Crippen LogP contribution in [0.5, 0.6) is 5.75 Å². The maximum absolute atomic E-state index is 12.7. The van der Waals surface area contributed by atoms with E-state index in [4.69, 9.17) is 14.2 Å². The highest BCUT2D eigenvalue weighted by molar-refractivity contribution is 5.95. The molecule has 1 saturated heterocycles. The summed E-state index contributed by atoms with van der Waals surface area (Å²) in [6, 6.07) is 4.01. The Morgan fingerprint density at radius 1 is 1.21 bits per heavy atom. The van der Waals surface area contributed by atoms with E-state index < -0.39 is 5.60 Å². The Bertz CT molecular complexity index is 842. The van der Waals surface area contributed by atoms with E-state index in [0.29, 0.717) is 6.10 Å². The van der Waals surface area contributed by atoms with E-state index in [1.54, 1.807) is 25.0 Å². The Hall–Kier alpha value is -2.05. The number of methoxy groups -OCH3 is 2. The Morgan fingerprint density at radius 3 is 2.46 bits per heavy atom. The molecule has 6 nitrogen and oxygen atoms in total. The number of benzene rings is 1. The molecule has 154 valence electrons. The normalized spacial score (nSPS) is 16.5. The van der Waals surface area contributed by atoms with Gasteiger partial charge in [-0.1, -0.05) is 0 Å².